The van der Waals surface area contributed by atoms with Gasteiger partial charge in [0.25, 0.3) is 0 Å². The molecule has 120 valence electrons. The Morgan fingerprint density at radius 3 is 2.50 bits per heavy atom. The van der Waals surface area contributed by atoms with Crippen LogP contribution in [0.3, 0.4) is 0 Å². The number of aryl methyl sites for hydroxylation is 2. The molecule has 0 unspecified atom stereocenters. The summed E-state index contributed by atoms with van der Waals surface area (Å²) < 4.78 is 5.04. The van der Waals surface area contributed by atoms with Crippen molar-refractivity contribution in [3.8, 4) is 0 Å². The number of ether oxygens (including phenoxy) is 1. The van der Waals surface area contributed by atoms with Gasteiger partial charge < -0.3 is 4.74 Å². The van der Waals surface area contributed by atoms with Crippen molar-refractivity contribution in [2.24, 2.45) is 0 Å². The average Bonchev–Trinajstić information content (AvgIpc) is 2.50. The lowest BCUT2D eigenvalue weighted by Crippen LogP contribution is -2.22. The molecule has 0 radical (unpaired) electrons. The van der Waals surface area contributed by atoms with Gasteiger partial charge in [-0.1, -0.05) is 24.1 Å². The Morgan fingerprint density at radius 2 is 1.77 bits per heavy atom. The molecule has 0 N–H and O–H groups in total. The predicted molar refractivity (Wildman–Crippen MR) is 76.9 cm³/mol. The molecule has 6 nitrogen and oxygen atoms in total. The molecular formula is C16H20O6. The number of hydrogen-bond donors (Lipinski definition) is 0. The summed E-state index contributed by atoms with van der Waals surface area (Å²) in [6.45, 7) is 3.63. The molecule has 1 aromatic rings. The minimum absolute atomic E-state index is 0.153. The van der Waals surface area contributed by atoms with E-state index in [2.05, 4.69) is 14.8 Å². The molecule has 0 aromatic heterocycles. The van der Waals surface area contributed by atoms with Crippen LogP contribution >= 0.6 is 0 Å². The average molecular weight is 308 g/mol. The van der Waals surface area contributed by atoms with Crippen LogP contribution in [0.2, 0.25) is 0 Å². The van der Waals surface area contributed by atoms with E-state index in [0.717, 1.165) is 43.2 Å². The van der Waals surface area contributed by atoms with Crippen LogP contribution in [0.4, 0.5) is 4.79 Å². The van der Waals surface area contributed by atoms with Crippen molar-refractivity contribution in [3.63, 3.8) is 0 Å². The van der Waals surface area contributed by atoms with E-state index in [-0.39, 0.29) is 6.10 Å². The molecule has 1 aliphatic carbocycles. The first-order chi connectivity index (χ1) is 10.6. The van der Waals surface area contributed by atoms with Crippen molar-refractivity contribution in [1.82, 2.24) is 0 Å². The van der Waals surface area contributed by atoms with Crippen molar-refractivity contribution in [3.05, 3.63) is 34.9 Å². The Morgan fingerprint density at radius 1 is 1.05 bits per heavy atom. The zero-order chi connectivity index (χ0) is 15.9. The highest BCUT2D eigenvalue weighted by Gasteiger charge is 2.20. The number of hydrogen-bond acceptors (Lipinski definition) is 6. The van der Waals surface area contributed by atoms with E-state index in [1.165, 1.54) is 0 Å². The highest BCUT2D eigenvalue weighted by Crippen LogP contribution is 2.20. The van der Waals surface area contributed by atoms with Crippen molar-refractivity contribution >= 4 is 12.1 Å². The molecule has 1 aliphatic rings. The summed E-state index contributed by atoms with van der Waals surface area (Å²) in [5.41, 5.74) is 2.00. The fourth-order valence-corrected chi connectivity index (χ4v) is 2.42. The summed E-state index contributed by atoms with van der Waals surface area (Å²) in [5, 5.41) is 4.22. The standard InChI is InChI=1S/C16H20O6/c1-11-8-9-12(2)14(10-11)15(17)20-22-21-16(18)19-13-6-4-3-5-7-13/h8-10,13H,3-7H2,1-2H3. The molecule has 22 heavy (non-hydrogen) atoms. The van der Waals surface area contributed by atoms with Crippen molar-refractivity contribution in [1.29, 1.82) is 0 Å². The van der Waals surface area contributed by atoms with Crippen LogP contribution in [-0.2, 0) is 19.6 Å². The fourth-order valence-electron chi connectivity index (χ4n) is 2.42. The van der Waals surface area contributed by atoms with Gasteiger partial charge in [-0.05, 0) is 51.2 Å². The minimum atomic E-state index is -0.999. The van der Waals surface area contributed by atoms with Crippen LogP contribution in [-0.4, -0.2) is 18.2 Å². The lowest BCUT2D eigenvalue weighted by molar-refractivity contribution is -0.453. The van der Waals surface area contributed by atoms with Gasteiger partial charge in [0.05, 0.1) is 10.6 Å². The van der Waals surface area contributed by atoms with Gasteiger partial charge in [0.1, 0.15) is 6.10 Å². The Balaban J connectivity index is 1.74. The zero-order valence-corrected chi connectivity index (χ0v) is 12.8. The summed E-state index contributed by atoms with van der Waals surface area (Å²) in [6, 6.07) is 5.34. The summed E-state index contributed by atoms with van der Waals surface area (Å²) in [7, 11) is 0. The molecule has 2 rings (SSSR count). The quantitative estimate of drug-likeness (QED) is 0.479. The van der Waals surface area contributed by atoms with Crippen LogP contribution < -0.4 is 0 Å². The van der Waals surface area contributed by atoms with Crippen molar-refractivity contribution in [2.75, 3.05) is 0 Å². The first-order valence-corrected chi connectivity index (χ1v) is 7.39. The van der Waals surface area contributed by atoms with Gasteiger partial charge in [0, 0.05) is 0 Å². The first kappa shape index (κ1) is 16.3. The molecule has 0 saturated heterocycles. The third kappa shape index (κ3) is 4.73. The van der Waals surface area contributed by atoms with Gasteiger partial charge in [-0.15, -0.1) is 0 Å². The van der Waals surface area contributed by atoms with Gasteiger partial charge in [0.15, 0.2) is 0 Å². The maximum Gasteiger partial charge on any atom is 0.543 e. The van der Waals surface area contributed by atoms with Crippen LogP contribution in [0.15, 0.2) is 18.2 Å². The summed E-state index contributed by atoms with van der Waals surface area (Å²) in [5.74, 6) is -0.730. The molecule has 0 heterocycles. The number of carbonyl (C=O) groups is 2. The van der Waals surface area contributed by atoms with Crippen LogP contribution in [0.1, 0.15) is 53.6 Å². The number of rotatable bonds is 4. The molecule has 6 heteroatoms. The number of carbonyl (C=O) groups excluding carboxylic acids is 2. The Labute approximate surface area is 129 Å². The van der Waals surface area contributed by atoms with Gasteiger partial charge in [-0.2, -0.15) is 0 Å². The molecular weight excluding hydrogens is 288 g/mol. The van der Waals surface area contributed by atoms with Gasteiger partial charge in [-0.3, -0.25) is 4.89 Å². The van der Waals surface area contributed by atoms with E-state index in [4.69, 9.17) is 4.74 Å². The molecule has 1 saturated carbocycles. The first-order valence-electron chi connectivity index (χ1n) is 7.39. The minimum Gasteiger partial charge on any atom is -0.429 e. The van der Waals surface area contributed by atoms with Crippen molar-refractivity contribution < 1.29 is 29.1 Å². The smallest absolute Gasteiger partial charge is 0.429 e. The van der Waals surface area contributed by atoms with E-state index in [0.29, 0.717) is 5.56 Å². The second kappa shape index (κ2) is 7.79. The third-order valence-electron chi connectivity index (χ3n) is 3.64. The topological polar surface area (TPSA) is 71.1 Å². The number of benzene rings is 1. The summed E-state index contributed by atoms with van der Waals surface area (Å²) in [6.07, 6.45) is 3.69. The fraction of sp³-hybridized carbons (Fsp3) is 0.500. The second-order valence-corrected chi connectivity index (χ2v) is 5.47. The van der Waals surface area contributed by atoms with E-state index in [1.54, 1.807) is 19.1 Å². The molecule has 0 amide bonds. The van der Waals surface area contributed by atoms with E-state index in [1.807, 2.05) is 13.0 Å². The Hall–Kier alpha value is -2.08. The van der Waals surface area contributed by atoms with Crippen LogP contribution in [0.25, 0.3) is 0 Å². The van der Waals surface area contributed by atoms with E-state index in [9.17, 15) is 9.59 Å². The largest absolute Gasteiger partial charge is 0.543 e. The molecule has 0 aliphatic heterocycles. The highest BCUT2D eigenvalue weighted by atomic mass is 17.5. The second-order valence-electron chi connectivity index (χ2n) is 5.47. The van der Waals surface area contributed by atoms with Gasteiger partial charge >= 0.3 is 12.1 Å². The van der Waals surface area contributed by atoms with Gasteiger partial charge in [-0.25, -0.2) is 14.5 Å². The van der Waals surface area contributed by atoms with Crippen molar-refractivity contribution in [2.45, 2.75) is 52.1 Å². The molecule has 0 atom stereocenters. The lowest BCUT2D eigenvalue weighted by atomic mass is 9.98. The maximum atomic E-state index is 11.8. The summed E-state index contributed by atoms with van der Waals surface area (Å²) in [4.78, 5) is 32.0. The molecule has 0 bridgehead atoms. The van der Waals surface area contributed by atoms with Gasteiger partial charge in [0.2, 0.25) is 0 Å². The normalized spacial score (nSPS) is 15.2. The zero-order valence-electron chi connectivity index (χ0n) is 12.8. The predicted octanol–water partition coefficient (Wildman–Crippen LogP) is 3.79. The Kier molecular flexibility index (Phi) is 5.77. The maximum absolute atomic E-state index is 11.8. The third-order valence-corrected chi connectivity index (χ3v) is 3.64. The molecule has 0 spiro atoms. The SMILES string of the molecule is Cc1ccc(C)c(C(=O)OOOC(=O)OC2CCCCC2)c1. The van der Waals surface area contributed by atoms with Crippen LogP contribution in [0.5, 0.6) is 0 Å². The highest BCUT2D eigenvalue weighted by molar-refractivity contribution is 5.90. The van der Waals surface area contributed by atoms with E-state index < -0.39 is 12.1 Å². The Bertz CT molecular complexity index is 533. The molecule has 1 fully saturated rings. The van der Waals surface area contributed by atoms with Crippen LogP contribution in [0, 0.1) is 13.8 Å². The monoisotopic (exact) mass is 308 g/mol. The summed E-state index contributed by atoms with van der Waals surface area (Å²) >= 11 is 0. The van der Waals surface area contributed by atoms with E-state index >= 15 is 0 Å². The lowest BCUT2D eigenvalue weighted by Gasteiger charge is -2.20. The molecule has 1 aromatic carbocycles.